The molecule has 2 aromatic carbocycles. The number of thioether (sulfide) groups is 1. The van der Waals surface area contributed by atoms with Crippen molar-refractivity contribution in [1.29, 1.82) is 0 Å². The number of morpholine rings is 1. The Morgan fingerprint density at radius 2 is 1.92 bits per heavy atom. The second-order valence-corrected chi connectivity index (χ2v) is 9.75. The third kappa shape index (κ3) is 7.70. The van der Waals surface area contributed by atoms with E-state index >= 15 is 0 Å². The monoisotopic (exact) mass is 526 g/mol. The van der Waals surface area contributed by atoms with Gasteiger partial charge in [0.2, 0.25) is 5.91 Å². The van der Waals surface area contributed by atoms with Gasteiger partial charge in [0.25, 0.3) is 0 Å². The highest BCUT2D eigenvalue weighted by atomic mass is 32.2. The fourth-order valence-corrected chi connectivity index (χ4v) is 4.76. The Morgan fingerprint density at radius 3 is 2.65 bits per heavy atom. The summed E-state index contributed by atoms with van der Waals surface area (Å²) in [5, 5.41) is 8.98. The number of hydrazone groups is 1. The number of rotatable bonds is 11. The summed E-state index contributed by atoms with van der Waals surface area (Å²) in [4.78, 5) is 27.1. The number of carbonyl (C=O) groups is 2. The molecule has 0 saturated carbocycles. The molecule has 2 aliphatic rings. The Hall–Kier alpha value is -3.08. The first-order chi connectivity index (χ1) is 18.1. The predicted octanol–water partition coefficient (Wildman–Crippen LogP) is 4.22. The summed E-state index contributed by atoms with van der Waals surface area (Å²) < 4.78 is 16.6. The van der Waals surface area contributed by atoms with Crippen LogP contribution in [0.1, 0.15) is 30.9 Å². The van der Waals surface area contributed by atoms with Crippen molar-refractivity contribution in [2.75, 3.05) is 57.6 Å². The van der Waals surface area contributed by atoms with Crippen molar-refractivity contribution in [3.63, 3.8) is 0 Å². The zero-order chi connectivity index (χ0) is 26.0. The number of nitrogens with zero attached hydrogens (tertiary/aromatic N) is 3. The number of benzene rings is 2. The van der Waals surface area contributed by atoms with E-state index in [1.54, 1.807) is 7.11 Å². The van der Waals surface area contributed by atoms with Crippen LogP contribution in [0.15, 0.2) is 47.6 Å². The van der Waals surface area contributed by atoms with Crippen LogP contribution in [0.5, 0.6) is 11.5 Å². The van der Waals surface area contributed by atoms with Gasteiger partial charge in [-0.25, -0.2) is 5.01 Å². The molecular weight excluding hydrogens is 492 g/mol. The second-order valence-electron chi connectivity index (χ2n) is 8.82. The molecule has 2 amide bonds. The lowest BCUT2D eigenvalue weighted by molar-refractivity contribution is -0.116. The Labute approximate surface area is 222 Å². The SMILES string of the molecule is CCCOc1cc(C2=NN(Cc3ccc(NC(=O)CCN4CCOCC4)cc3)C(=O)SC2)ccc1OC. The van der Waals surface area contributed by atoms with Crippen molar-refractivity contribution in [1.82, 2.24) is 9.91 Å². The highest BCUT2D eigenvalue weighted by molar-refractivity contribution is 8.14. The molecule has 0 unspecified atom stereocenters. The van der Waals surface area contributed by atoms with Crippen molar-refractivity contribution >= 4 is 34.3 Å². The molecule has 9 nitrogen and oxygen atoms in total. The Morgan fingerprint density at radius 1 is 1.14 bits per heavy atom. The average molecular weight is 527 g/mol. The summed E-state index contributed by atoms with van der Waals surface area (Å²) in [5.41, 5.74) is 3.36. The van der Waals surface area contributed by atoms with E-state index < -0.39 is 0 Å². The van der Waals surface area contributed by atoms with Crippen LogP contribution in [0.2, 0.25) is 0 Å². The zero-order valence-corrected chi connectivity index (χ0v) is 22.2. The van der Waals surface area contributed by atoms with Crippen LogP contribution in [-0.4, -0.2) is 79.1 Å². The van der Waals surface area contributed by atoms with Crippen LogP contribution in [0.4, 0.5) is 10.5 Å². The van der Waals surface area contributed by atoms with Crippen LogP contribution in [0.3, 0.4) is 0 Å². The molecule has 0 radical (unpaired) electrons. The molecule has 4 rings (SSSR count). The van der Waals surface area contributed by atoms with E-state index in [2.05, 4.69) is 22.2 Å². The molecule has 2 aromatic rings. The molecule has 37 heavy (non-hydrogen) atoms. The predicted molar refractivity (Wildman–Crippen MR) is 146 cm³/mol. The Bertz CT molecular complexity index is 1100. The maximum Gasteiger partial charge on any atom is 0.302 e. The number of hydrogen-bond donors (Lipinski definition) is 1. The molecule has 2 aliphatic heterocycles. The average Bonchev–Trinajstić information content (AvgIpc) is 2.93. The molecule has 1 saturated heterocycles. The van der Waals surface area contributed by atoms with E-state index in [-0.39, 0.29) is 11.1 Å². The summed E-state index contributed by atoms with van der Waals surface area (Å²) in [6.07, 6.45) is 1.33. The van der Waals surface area contributed by atoms with Crippen LogP contribution >= 0.6 is 11.8 Å². The lowest BCUT2D eigenvalue weighted by Crippen LogP contribution is -2.38. The van der Waals surface area contributed by atoms with Gasteiger partial charge in [0, 0.05) is 43.1 Å². The molecule has 1 fully saturated rings. The largest absolute Gasteiger partial charge is 0.493 e. The maximum atomic E-state index is 12.6. The van der Waals surface area contributed by atoms with Gasteiger partial charge in [-0.05, 0) is 42.3 Å². The van der Waals surface area contributed by atoms with Crippen molar-refractivity contribution in [2.45, 2.75) is 26.3 Å². The molecule has 0 aliphatic carbocycles. The number of hydrogen-bond acceptors (Lipinski definition) is 8. The minimum Gasteiger partial charge on any atom is -0.493 e. The van der Waals surface area contributed by atoms with E-state index in [0.717, 1.165) is 61.8 Å². The van der Waals surface area contributed by atoms with E-state index in [1.165, 1.54) is 16.8 Å². The third-order valence-electron chi connectivity index (χ3n) is 6.07. The second kappa shape index (κ2) is 13.5. The quantitative estimate of drug-likeness (QED) is 0.469. The van der Waals surface area contributed by atoms with E-state index in [1.807, 2.05) is 42.5 Å². The first-order valence-electron chi connectivity index (χ1n) is 12.6. The van der Waals surface area contributed by atoms with Crippen LogP contribution in [-0.2, 0) is 16.1 Å². The Balaban J connectivity index is 1.36. The van der Waals surface area contributed by atoms with Crippen molar-refractivity contribution in [2.24, 2.45) is 5.10 Å². The summed E-state index contributed by atoms with van der Waals surface area (Å²) in [5.74, 6) is 1.81. The number of ether oxygens (including phenoxy) is 3. The highest BCUT2D eigenvalue weighted by Gasteiger charge is 2.23. The van der Waals surface area contributed by atoms with Crippen LogP contribution in [0, 0.1) is 0 Å². The molecule has 0 spiro atoms. The smallest absolute Gasteiger partial charge is 0.302 e. The van der Waals surface area contributed by atoms with E-state index in [9.17, 15) is 9.59 Å². The van der Waals surface area contributed by atoms with Gasteiger partial charge in [-0.15, -0.1) is 0 Å². The number of anilines is 1. The minimum absolute atomic E-state index is 0.0159. The molecular formula is C27H34N4O5S. The number of methoxy groups -OCH3 is 1. The van der Waals surface area contributed by atoms with Gasteiger partial charge in [0.05, 0.1) is 39.2 Å². The maximum absolute atomic E-state index is 12.6. The molecule has 0 aromatic heterocycles. The molecule has 2 heterocycles. The van der Waals surface area contributed by atoms with Crippen molar-refractivity contribution in [3.8, 4) is 11.5 Å². The fraction of sp³-hybridized carbons (Fsp3) is 0.444. The lowest BCUT2D eigenvalue weighted by Gasteiger charge is -2.26. The topological polar surface area (TPSA) is 92.7 Å². The molecule has 10 heteroatoms. The van der Waals surface area contributed by atoms with E-state index in [0.29, 0.717) is 36.8 Å². The summed E-state index contributed by atoms with van der Waals surface area (Å²) in [7, 11) is 1.62. The Kier molecular flexibility index (Phi) is 9.81. The summed E-state index contributed by atoms with van der Waals surface area (Å²) in [6.45, 7) is 6.89. The van der Waals surface area contributed by atoms with Gasteiger partial charge < -0.3 is 19.5 Å². The summed E-state index contributed by atoms with van der Waals surface area (Å²) in [6, 6.07) is 13.2. The van der Waals surface area contributed by atoms with Crippen molar-refractivity contribution in [3.05, 3.63) is 53.6 Å². The van der Waals surface area contributed by atoms with Gasteiger partial charge in [0.15, 0.2) is 11.5 Å². The van der Waals surface area contributed by atoms with Crippen LogP contribution < -0.4 is 14.8 Å². The minimum atomic E-state index is -0.0970. The zero-order valence-electron chi connectivity index (χ0n) is 21.4. The normalized spacial score (nSPS) is 16.3. The third-order valence-corrected chi connectivity index (χ3v) is 6.95. The number of nitrogens with one attached hydrogen (secondary N) is 1. The van der Waals surface area contributed by atoms with E-state index in [4.69, 9.17) is 14.2 Å². The molecule has 0 bridgehead atoms. The lowest BCUT2D eigenvalue weighted by atomic mass is 10.1. The van der Waals surface area contributed by atoms with Gasteiger partial charge >= 0.3 is 5.24 Å². The van der Waals surface area contributed by atoms with Crippen LogP contribution in [0.25, 0.3) is 0 Å². The first kappa shape index (κ1) is 27.0. The standard InChI is InChI=1S/C27H34N4O5S/c1-3-14-36-25-17-21(6-9-24(25)34-2)23-19-37-27(33)31(29-23)18-20-4-7-22(8-5-20)28-26(32)10-11-30-12-15-35-16-13-30/h4-9,17H,3,10-16,18-19H2,1-2H3,(H,28,32). The molecule has 0 atom stereocenters. The van der Waals surface area contributed by atoms with Gasteiger partial charge in [-0.3, -0.25) is 14.5 Å². The van der Waals surface area contributed by atoms with Gasteiger partial charge in [-0.2, -0.15) is 5.10 Å². The number of carbonyl (C=O) groups excluding carboxylic acids is 2. The highest BCUT2D eigenvalue weighted by Crippen LogP contribution is 2.30. The first-order valence-corrected chi connectivity index (χ1v) is 13.6. The molecule has 1 N–H and O–H groups in total. The van der Waals surface area contributed by atoms with Crippen molar-refractivity contribution < 1.29 is 23.8 Å². The number of amides is 2. The fourth-order valence-electron chi connectivity index (χ4n) is 4.02. The van der Waals surface area contributed by atoms with Gasteiger partial charge in [0.1, 0.15) is 0 Å². The molecule has 198 valence electrons. The summed E-state index contributed by atoms with van der Waals surface area (Å²) >= 11 is 1.23. The van der Waals surface area contributed by atoms with Gasteiger partial charge in [-0.1, -0.05) is 30.8 Å².